The lowest BCUT2D eigenvalue weighted by atomic mass is 9.86. The van der Waals surface area contributed by atoms with Gasteiger partial charge in [-0.3, -0.25) is 9.59 Å². The molecule has 0 spiro atoms. The molecule has 32 heavy (non-hydrogen) atoms. The van der Waals surface area contributed by atoms with Gasteiger partial charge in [0.25, 0.3) is 0 Å². The molecular formula is C25H47NO6. The first kappa shape index (κ1) is 28.9. The monoisotopic (exact) mass is 457 g/mol. The Morgan fingerprint density at radius 3 is 1.72 bits per heavy atom. The predicted molar refractivity (Wildman–Crippen MR) is 126 cm³/mol. The van der Waals surface area contributed by atoms with Crippen LogP contribution in [0, 0.1) is 5.41 Å². The zero-order valence-electron chi connectivity index (χ0n) is 20.9. The smallest absolute Gasteiger partial charge is 0.303 e. The lowest BCUT2D eigenvalue weighted by Gasteiger charge is -2.35. The van der Waals surface area contributed by atoms with Crippen LogP contribution in [0.5, 0.6) is 0 Å². The van der Waals surface area contributed by atoms with E-state index in [1.165, 1.54) is 0 Å². The molecule has 1 aliphatic heterocycles. The van der Waals surface area contributed by atoms with Crippen LogP contribution in [-0.4, -0.2) is 66.2 Å². The van der Waals surface area contributed by atoms with Gasteiger partial charge in [0.05, 0.1) is 12.7 Å². The highest BCUT2D eigenvalue weighted by Gasteiger charge is 2.46. The highest BCUT2D eigenvalue weighted by Crippen LogP contribution is 2.40. The fourth-order valence-electron chi connectivity index (χ4n) is 4.65. The van der Waals surface area contributed by atoms with Crippen LogP contribution in [0.25, 0.3) is 0 Å². The van der Waals surface area contributed by atoms with Crippen molar-refractivity contribution in [2.45, 2.75) is 116 Å². The van der Waals surface area contributed by atoms with Gasteiger partial charge in [-0.2, -0.15) is 0 Å². The molecule has 0 aromatic carbocycles. The van der Waals surface area contributed by atoms with Crippen LogP contribution in [-0.2, 0) is 19.1 Å². The van der Waals surface area contributed by atoms with E-state index >= 15 is 0 Å². The molecule has 0 radical (unpaired) electrons. The molecule has 0 amide bonds. The van der Waals surface area contributed by atoms with Crippen molar-refractivity contribution in [1.82, 2.24) is 4.90 Å². The molecule has 188 valence electrons. The summed E-state index contributed by atoms with van der Waals surface area (Å²) in [6.45, 7) is 6.03. The third kappa shape index (κ3) is 12.2. The molecule has 1 heterocycles. The van der Waals surface area contributed by atoms with E-state index in [4.69, 9.17) is 19.7 Å². The van der Waals surface area contributed by atoms with Crippen molar-refractivity contribution in [3.63, 3.8) is 0 Å². The Morgan fingerprint density at radius 1 is 0.844 bits per heavy atom. The Balaban J connectivity index is 2.49. The number of rotatable bonds is 19. The first-order valence-electron chi connectivity index (χ1n) is 12.5. The van der Waals surface area contributed by atoms with Crippen molar-refractivity contribution < 1.29 is 29.3 Å². The minimum Gasteiger partial charge on any atom is -0.481 e. The Hall–Kier alpha value is -1.18. The number of hydrogen-bond acceptors (Lipinski definition) is 5. The number of aliphatic carboxylic acids is 2. The lowest BCUT2D eigenvalue weighted by Crippen LogP contribution is -2.41. The number of nitrogens with zero attached hydrogens (tertiary/aromatic N) is 1. The van der Waals surface area contributed by atoms with Crippen molar-refractivity contribution in [3.05, 3.63) is 0 Å². The Labute approximate surface area is 194 Å². The number of ether oxygens (including phenoxy) is 2. The molecule has 7 heteroatoms. The molecule has 2 N–H and O–H groups in total. The van der Waals surface area contributed by atoms with E-state index in [2.05, 4.69) is 32.8 Å². The molecule has 1 atom stereocenters. The van der Waals surface area contributed by atoms with Gasteiger partial charge in [0.15, 0.2) is 5.79 Å². The molecule has 0 aromatic heterocycles. The topological polar surface area (TPSA) is 96.3 Å². The summed E-state index contributed by atoms with van der Waals surface area (Å²) in [5.41, 5.74) is -0.00108. The summed E-state index contributed by atoms with van der Waals surface area (Å²) in [4.78, 5) is 23.5. The predicted octanol–water partition coefficient (Wildman–Crippen LogP) is 5.32. The summed E-state index contributed by atoms with van der Waals surface area (Å²) < 4.78 is 13.0. The van der Waals surface area contributed by atoms with E-state index in [-0.39, 0.29) is 24.4 Å². The molecule has 1 unspecified atom stereocenters. The molecular weight excluding hydrogens is 410 g/mol. The number of carboxylic acid groups (broad SMARTS) is 2. The highest BCUT2D eigenvalue weighted by atomic mass is 16.7. The second-order valence-electron chi connectivity index (χ2n) is 10.4. The summed E-state index contributed by atoms with van der Waals surface area (Å²) in [6, 6.07) is 0. The summed E-state index contributed by atoms with van der Waals surface area (Å²) in [5.74, 6) is -1.95. The number of unbranched alkanes of at least 4 members (excludes halogenated alkanes) is 8. The Morgan fingerprint density at radius 2 is 1.28 bits per heavy atom. The maximum absolute atomic E-state index is 10.6. The van der Waals surface area contributed by atoms with Crippen LogP contribution in [0.4, 0.5) is 0 Å². The molecule has 1 rings (SSSR count). The second-order valence-corrected chi connectivity index (χ2v) is 10.4. The third-order valence-corrected chi connectivity index (χ3v) is 6.35. The zero-order valence-corrected chi connectivity index (χ0v) is 20.9. The van der Waals surface area contributed by atoms with Crippen molar-refractivity contribution in [3.8, 4) is 0 Å². The van der Waals surface area contributed by atoms with E-state index in [0.717, 1.165) is 83.6 Å². The molecule has 0 aromatic rings. The van der Waals surface area contributed by atoms with Gasteiger partial charge in [-0.05, 0) is 39.8 Å². The molecule has 0 bridgehead atoms. The van der Waals surface area contributed by atoms with E-state index in [1.807, 2.05) is 0 Å². The van der Waals surface area contributed by atoms with Crippen molar-refractivity contribution in [2.24, 2.45) is 5.41 Å². The maximum atomic E-state index is 10.6. The Kier molecular flexibility index (Phi) is 13.4. The fourth-order valence-corrected chi connectivity index (χ4v) is 4.65. The second kappa shape index (κ2) is 14.9. The number of carboxylic acids is 2. The summed E-state index contributed by atoms with van der Waals surface area (Å²) in [6.07, 6.45) is 12.0. The Bertz CT molecular complexity index is 521. The SMILES string of the molecule is CN(C)CC(C)(C)C1COC(CCCCCCCC(=O)O)(CCCCCCCC(=O)O)O1. The van der Waals surface area contributed by atoms with Gasteiger partial charge in [0.1, 0.15) is 0 Å². The van der Waals surface area contributed by atoms with E-state index < -0.39 is 17.7 Å². The first-order valence-corrected chi connectivity index (χ1v) is 12.5. The van der Waals surface area contributed by atoms with Gasteiger partial charge in [0, 0.05) is 37.6 Å². The molecule has 1 aliphatic rings. The minimum absolute atomic E-state index is 0.00108. The van der Waals surface area contributed by atoms with Gasteiger partial charge in [0.2, 0.25) is 0 Å². The van der Waals surface area contributed by atoms with Gasteiger partial charge >= 0.3 is 11.9 Å². The number of hydrogen-bond donors (Lipinski definition) is 2. The van der Waals surface area contributed by atoms with Crippen LogP contribution in [0.1, 0.15) is 104 Å². The van der Waals surface area contributed by atoms with E-state index in [9.17, 15) is 9.59 Å². The minimum atomic E-state index is -0.717. The summed E-state index contributed by atoms with van der Waals surface area (Å²) in [7, 11) is 4.17. The van der Waals surface area contributed by atoms with Crippen molar-refractivity contribution >= 4 is 11.9 Å². The standard InChI is InChI=1S/C25H47NO6/c1-24(2,20-26(3)4)21-19-31-25(32-21,17-13-9-5-7-11-15-22(27)28)18-14-10-6-8-12-16-23(29)30/h21H,5-20H2,1-4H3,(H,27,28)(H,29,30). The first-order chi connectivity index (χ1) is 15.1. The summed E-state index contributed by atoms with van der Waals surface area (Å²) in [5, 5.41) is 17.5. The molecule has 0 saturated carbocycles. The van der Waals surface area contributed by atoms with E-state index in [1.54, 1.807) is 0 Å². The van der Waals surface area contributed by atoms with Crippen LogP contribution in [0.2, 0.25) is 0 Å². The van der Waals surface area contributed by atoms with Crippen molar-refractivity contribution in [2.75, 3.05) is 27.2 Å². The quantitative estimate of drug-likeness (QED) is 0.254. The third-order valence-electron chi connectivity index (χ3n) is 6.35. The van der Waals surface area contributed by atoms with Crippen molar-refractivity contribution in [1.29, 1.82) is 0 Å². The van der Waals surface area contributed by atoms with Crippen LogP contribution in [0.15, 0.2) is 0 Å². The maximum Gasteiger partial charge on any atom is 0.303 e. The number of carbonyl (C=O) groups is 2. The average Bonchev–Trinajstić information content (AvgIpc) is 3.10. The van der Waals surface area contributed by atoms with Gasteiger partial charge in [-0.15, -0.1) is 0 Å². The van der Waals surface area contributed by atoms with Crippen LogP contribution in [0.3, 0.4) is 0 Å². The van der Waals surface area contributed by atoms with Gasteiger partial charge in [-0.1, -0.05) is 52.4 Å². The molecule has 7 nitrogen and oxygen atoms in total. The van der Waals surface area contributed by atoms with Gasteiger partial charge < -0.3 is 24.6 Å². The summed E-state index contributed by atoms with van der Waals surface area (Å²) >= 11 is 0. The fraction of sp³-hybridized carbons (Fsp3) is 0.920. The highest BCUT2D eigenvalue weighted by molar-refractivity contribution is 5.66. The lowest BCUT2D eigenvalue weighted by molar-refractivity contribution is -0.190. The molecule has 0 aliphatic carbocycles. The average molecular weight is 458 g/mol. The largest absolute Gasteiger partial charge is 0.481 e. The molecule has 1 fully saturated rings. The van der Waals surface area contributed by atoms with Crippen LogP contribution < -0.4 is 0 Å². The molecule has 1 saturated heterocycles. The zero-order chi connectivity index (χ0) is 24.0. The van der Waals surface area contributed by atoms with Gasteiger partial charge in [-0.25, -0.2) is 0 Å². The van der Waals surface area contributed by atoms with Crippen LogP contribution >= 0.6 is 0 Å². The van der Waals surface area contributed by atoms with E-state index in [0.29, 0.717) is 6.61 Å². The normalized spacial score (nSPS) is 18.3.